The van der Waals surface area contributed by atoms with E-state index in [4.69, 9.17) is 5.73 Å². The second kappa shape index (κ2) is 3.64. The van der Waals surface area contributed by atoms with Gasteiger partial charge in [-0.3, -0.25) is 0 Å². The summed E-state index contributed by atoms with van der Waals surface area (Å²) in [5, 5.41) is -0.242. The fourth-order valence-electron chi connectivity index (χ4n) is 1.53. The molecule has 3 nitrogen and oxygen atoms in total. The summed E-state index contributed by atoms with van der Waals surface area (Å²) in [5.74, 6) is 0. The summed E-state index contributed by atoms with van der Waals surface area (Å²) in [7, 11) is 0. The van der Waals surface area contributed by atoms with E-state index < -0.39 is 11.2 Å². The molecular formula is C8H10F3N3S. The lowest BCUT2D eigenvalue weighted by atomic mass is 10.3. The quantitative estimate of drug-likeness (QED) is 0.808. The van der Waals surface area contributed by atoms with E-state index in [1.165, 1.54) is 6.20 Å². The summed E-state index contributed by atoms with van der Waals surface area (Å²) in [5.41, 5.74) is 5.68. The van der Waals surface area contributed by atoms with Crippen molar-refractivity contribution in [2.75, 3.05) is 18.0 Å². The van der Waals surface area contributed by atoms with Gasteiger partial charge in [0, 0.05) is 19.1 Å². The van der Waals surface area contributed by atoms with Crippen molar-refractivity contribution >= 4 is 16.3 Å². The fraction of sp³-hybridized carbons (Fsp3) is 0.625. The van der Waals surface area contributed by atoms with Crippen LogP contribution in [0.3, 0.4) is 0 Å². The van der Waals surface area contributed by atoms with Gasteiger partial charge < -0.3 is 10.6 Å². The molecule has 1 unspecified atom stereocenters. The van der Waals surface area contributed by atoms with Crippen molar-refractivity contribution in [3.8, 4) is 0 Å². The van der Waals surface area contributed by atoms with Crippen molar-refractivity contribution < 1.29 is 13.2 Å². The highest BCUT2D eigenvalue weighted by Crippen LogP contribution is 2.36. The van der Waals surface area contributed by atoms with Gasteiger partial charge in [-0.2, -0.15) is 13.2 Å². The van der Waals surface area contributed by atoms with Gasteiger partial charge in [0.2, 0.25) is 0 Å². The highest BCUT2D eigenvalue weighted by atomic mass is 32.1. The maximum absolute atomic E-state index is 12.3. The van der Waals surface area contributed by atoms with Crippen molar-refractivity contribution in [2.24, 2.45) is 5.73 Å². The molecular weight excluding hydrogens is 227 g/mol. The zero-order valence-electron chi connectivity index (χ0n) is 7.79. The first-order valence-electron chi connectivity index (χ1n) is 4.50. The van der Waals surface area contributed by atoms with E-state index in [1.807, 2.05) is 4.90 Å². The summed E-state index contributed by atoms with van der Waals surface area (Å²) >= 11 is 0.673. The molecule has 0 amide bonds. The van der Waals surface area contributed by atoms with E-state index in [0.29, 0.717) is 29.4 Å². The molecule has 0 bridgehead atoms. The molecule has 1 fully saturated rings. The predicted molar refractivity (Wildman–Crippen MR) is 51.9 cm³/mol. The summed E-state index contributed by atoms with van der Waals surface area (Å²) in [6, 6.07) is 0.0569. The third-order valence-electron chi connectivity index (χ3n) is 2.27. The van der Waals surface area contributed by atoms with Gasteiger partial charge in [0.1, 0.15) is 5.00 Å². The Balaban J connectivity index is 2.14. The van der Waals surface area contributed by atoms with Crippen LogP contribution in [0.1, 0.15) is 11.4 Å². The first-order valence-corrected chi connectivity index (χ1v) is 5.32. The Bertz CT molecular complexity index is 349. The van der Waals surface area contributed by atoms with Crippen LogP contribution in [0.2, 0.25) is 0 Å². The summed E-state index contributed by atoms with van der Waals surface area (Å²) in [6.07, 6.45) is -2.25. The van der Waals surface area contributed by atoms with Gasteiger partial charge in [-0.25, -0.2) is 4.98 Å². The second-order valence-electron chi connectivity index (χ2n) is 3.50. The third kappa shape index (κ3) is 2.23. The van der Waals surface area contributed by atoms with E-state index in [0.717, 1.165) is 6.42 Å². The predicted octanol–water partition coefficient (Wildman–Crippen LogP) is 1.70. The molecule has 2 N–H and O–H groups in total. The molecule has 0 aromatic carbocycles. The van der Waals surface area contributed by atoms with Gasteiger partial charge in [0.15, 0.2) is 5.01 Å². The van der Waals surface area contributed by atoms with Crippen molar-refractivity contribution in [1.29, 1.82) is 0 Å². The zero-order valence-corrected chi connectivity index (χ0v) is 8.61. The lowest BCUT2D eigenvalue weighted by Crippen LogP contribution is -2.25. The van der Waals surface area contributed by atoms with Crippen molar-refractivity contribution in [3.05, 3.63) is 11.2 Å². The standard InChI is InChI=1S/C8H10F3N3S/c9-8(10,11)7-13-3-6(15-7)14-2-1-5(12)4-14/h3,5H,1-2,4,12H2. The molecule has 1 atom stereocenters. The number of alkyl halides is 3. The Kier molecular flexibility index (Phi) is 2.59. The number of hydrogen-bond donors (Lipinski definition) is 1. The van der Waals surface area contributed by atoms with Crippen LogP contribution in [0.5, 0.6) is 0 Å². The molecule has 0 radical (unpaired) electrons. The molecule has 1 aliphatic heterocycles. The maximum Gasteiger partial charge on any atom is 0.443 e. The van der Waals surface area contributed by atoms with Gasteiger partial charge in [-0.15, -0.1) is 0 Å². The van der Waals surface area contributed by atoms with E-state index in [1.54, 1.807) is 0 Å². The van der Waals surface area contributed by atoms with Gasteiger partial charge in [-0.05, 0) is 6.42 Å². The average molecular weight is 237 g/mol. The van der Waals surface area contributed by atoms with E-state index in [9.17, 15) is 13.2 Å². The van der Waals surface area contributed by atoms with Crippen molar-refractivity contribution in [1.82, 2.24) is 4.98 Å². The highest BCUT2D eigenvalue weighted by Gasteiger charge is 2.35. The van der Waals surface area contributed by atoms with Crippen LogP contribution >= 0.6 is 11.3 Å². The lowest BCUT2D eigenvalue weighted by molar-refractivity contribution is -0.137. The Hall–Kier alpha value is -0.820. The van der Waals surface area contributed by atoms with Crippen LogP contribution in [0.25, 0.3) is 0 Å². The van der Waals surface area contributed by atoms with Crippen LogP contribution in [0, 0.1) is 0 Å². The molecule has 7 heteroatoms. The number of anilines is 1. The summed E-state index contributed by atoms with van der Waals surface area (Å²) in [6.45, 7) is 1.32. The van der Waals surface area contributed by atoms with E-state index in [2.05, 4.69) is 4.98 Å². The fourth-order valence-corrected chi connectivity index (χ4v) is 2.35. The average Bonchev–Trinajstić information content (AvgIpc) is 2.69. The van der Waals surface area contributed by atoms with Gasteiger partial charge >= 0.3 is 6.18 Å². The summed E-state index contributed by atoms with van der Waals surface area (Å²) < 4.78 is 36.8. The molecule has 1 aromatic rings. The molecule has 0 saturated carbocycles. The maximum atomic E-state index is 12.3. The van der Waals surface area contributed by atoms with Crippen LogP contribution in [-0.2, 0) is 6.18 Å². The number of hydrogen-bond acceptors (Lipinski definition) is 4. The van der Waals surface area contributed by atoms with Gasteiger partial charge in [0.05, 0.1) is 6.20 Å². The molecule has 1 aliphatic rings. The minimum absolute atomic E-state index is 0.0569. The first kappa shape index (κ1) is 10.7. The number of thiazole rings is 1. The van der Waals surface area contributed by atoms with Crippen LogP contribution in [0.4, 0.5) is 18.2 Å². The largest absolute Gasteiger partial charge is 0.443 e. The second-order valence-corrected chi connectivity index (χ2v) is 4.51. The molecule has 0 spiro atoms. The molecule has 0 aliphatic carbocycles. The lowest BCUT2D eigenvalue weighted by Gasteiger charge is -2.13. The molecule has 1 saturated heterocycles. The Labute approximate surface area is 88.7 Å². The molecule has 2 heterocycles. The monoisotopic (exact) mass is 237 g/mol. The van der Waals surface area contributed by atoms with Gasteiger partial charge in [0.25, 0.3) is 0 Å². The zero-order chi connectivity index (χ0) is 11.1. The Morgan fingerprint density at radius 2 is 2.27 bits per heavy atom. The smallest absolute Gasteiger partial charge is 0.361 e. The van der Waals surface area contributed by atoms with Crippen LogP contribution < -0.4 is 10.6 Å². The molecule has 2 rings (SSSR count). The van der Waals surface area contributed by atoms with Crippen LogP contribution in [-0.4, -0.2) is 24.1 Å². The minimum Gasteiger partial charge on any atom is -0.361 e. The van der Waals surface area contributed by atoms with E-state index in [-0.39, 0.29) is 6.04 Å². The third-order valence-corrected chi connectivity index (χ3v) is 3.38. The molecule has 15 heavy (non-hydrogen) atoms. The SMILES string of the molecule is NC1CCN(c2cnc(C(F)(F)F)s2)C1. The number of aromatic nitrogens is 1. The van der Waals surface area contributed by atoms with Crippen molar-refractivity contribution in [3.63, 3.8) is 0 Å². The highest BCUT2D eigenvalue weighted by molar-refractivity contribution is 7.15. The Morgan fingerprint density at radius 3 is 2.73 bits per heavy atom. The first-order chi connectivity index (χ1) is 6.97. The topological polar surface area (TPSA) is 42.1 Å². The van der Waals surface area contributed by atoms with Crippen LogP contribution in [0.15, 0.2) is 6.20 Å². The molecule has 84 valence electrons. The number of nitrogens with two attached hydrogens (primary N) is 1. The van der Waals surface area contributed by atoms with Crippen molar-refractivity contribution in [2.45, 2.75) is 18.6 Å². The van der Waals surface area contributed by atoms with E-state index >= 15 is 0 Å². The Morgan fingerprint density at radius 1 is 1.53 bits per heavy atom. The number of nitrogens with zero attached hydrogens (tertiary/aromatic N) is 2. The number of halogens is 3. The van der Waals surface area contributed by atoms with Gasteiger partial charge in [-0.1, -0.05) is 11.3 Å². The normalized spacial score (nSPS) is 22.4. The summed E-state index contributed by atoms with van der Waals surface area (Å²) in [4.78, 5) is 5.21. The minimum atomic E-state index is -4.34. The number of rotatable bonds is 1. The molecule has 1 aromatic heterocycles.